The van der Waals surface area contributed by atoms with Gasteiger partial charge in [-0.25, -0.2) is 14.0 Å². The summed E-state index contributed by atoms with van der Waals surface area (Å²) in [6.07, 6.45) is 5.57. The maximum atomic E-state index is 16.2. The highest BCUT2D eigenvalue weighted by Crippen LogP contribution is 2.38. The Labute approximate surface area is 270 Å². The van der Waals surface area contributed by atoms with Gasteiger partial charge in [-0.3, -0.25) is 14.7 Å². The van der Waals surface area contributed by atoms with Crippen LogP contribution in [0.2, 0.25) is 0 Å². The number of nitrogens with one attached hydrogen (secondary N) is 3. The van der Waals surface area contributed by atoms with Crippen LogP contribution in [-0.2, 0) is 11.3 Å². The van der Waals surface area contributed by atoms with Crippen LogP contribution in [0.3, 0.4) is 0 Å². The average molecular weight is 625 g/mol. The summed E-state index contributed by atoms with van der Waals surface area (Å²) < 4.78 is 16.2. The molecule has 3 N–H and O–H groups in total. The van der Waals surface area contributed by atoms with Gasteiger partial charge in [0.05, 0.1) is 23.6 Å². The molecule has 3 aromatic rings. The van der Waals surface area contributed by atoms with Crippen LogP contribution in [-0.4, -0.2) is 66.6 Å². The second-order valence-electron chi connectivity index (χ2n) is 12.0. The van der Waals surface area contributed by atoms with Gasteiger partial charge in [0.1, 0.15) is 5.82 Å². The third kappa shape index (κ3) is 7.82. The number of pyridine rings is 1. The second-order valence-corrected chi connectivity index (χ2v) is 12.0. The number of carbonyl (C=O) groups excluding carboxylic acids is 2. The maximum absolute atomic E-state index is 16.2. The first-order valence-corrected chi connectivity index (χ1v) is 15.7. The van der Waals surface area contributed by atoms with Crippen molar-refractivity contribution in [1.82, 2.24) is 15.2 Å². The minimum Gasteiger partial charge on any atom is -0.367 e. The van der Waals surface area contributed by atoms with Crippen molar-refractivity contribution in [2.24, 2.45) is 0 Å². The Hall–Kier alpha value is -4.95. The first kappa shape index (κ1) is 32.4. The van der Waals surface area contributed by atoms with Crippen molar-refractivity contribution in [3.05, 3.63) is 96.2 Å². The van der Waals surface area contributed by atoms with E-state index in [4.69, 9.17) is 6.57 Å². The molecule has 1 aromatic heterocycles. The Kier molecular flexibility index (Phi) is 10.5. The first-order chi connectivity index (χ1) is 22.2. The Balaban J connectivity index is 1.42. The largest absolute Gasteiger partial charge is 0.367 e. The highest BCUT2D eigenvalue weighted by atomic mass is 19.1. The summed E-state index contributed by atoms with van der Waals surface area (Å²) in [5, 5.41) is 9.29. The van der Waals surface area contributed by atoms with Crippen LogP contribution in [0, 0.1) is 12.4 Å². The number of halogens is 1. The lowest BCUT2D eigenvalue weighted by atomic mass is 9.89. The molecule has 1 aliphatic heterocycles. The molecule has 0 unspecified atom stereocenters. The Morgan fingerprint density at radius 1 is 1.13 bits per heavy atom. The van der Waals surface area contributed by atoms with Crippen LogP contribution < -0.4 is 25.8 Å². The Morgan fingerprint density at radius 2 is 1.89 bits per heavy atom. The highest BCUT2D eigenvalue weighted by molar-refractivity contribution is 6.03. The fraction of sp³-hybridized carbons (Fsp3) is 0.371. The van der Waals surface area contributed by atoms with Gasteiger partial charge in [0.15, 0.2) is 5.82 Å². The lowest BCUT2D eigenvalue weighted by Crippen LogP contribution is -2.50. The third-order valence-electron chi connectivity index (χ3n) is 8.84. The van der Waals surface area contributed by atoms with Crippen molar-refractivity contribution in [3.63, 3.8) is 0 Å². The van der Waals surface area contributed by atoms with Gasteiger partial charge in [0.25, 0.3) is 0 Å². The van der Waals surface area contributed by atoms with Gasteiger partial charge in [0.2, 0.25) is 11.6 Å². The molecule has 0 bridgehead atoms. The van der Waals surface area contributed by atoms with Gasteiger partial charge >= 0.3 is 6.03 Å². The summed E-state index contributed by atoms with van der Waals surface area (Å²) >= 11 is 0. The number of likely N-dealkylation sites (N-methyl/N-ethyl adjacent to an activating group) is 1. The van der Waals surface area contributed by atoms with E-state index in [-0.39, 0.29) is 24.2 Å². The van der Waals surface area contributed by atoms with E-state index in [1.165, 1.54) is 6.07 Å². The quantitative estimate of drug-likeness (QED) is 0.195. The van der Waals surface area contributed by atoms with Crippen molar-refractivity contribution in [2.75, 3.05) is 47.1 Å². The van der Waals surface area contributed by atoms with E-state index in [1.54, 1.807) is 29.3 Å². The summed E-state index contributed by atoms with van der Waals surface area (Å²) in [5.74, 6) is -0.254. The van der Waals surface area contributed by atoms with Crippen molar-refractivity contribution >= 4 is 40.5 Å². The number of aromatic nitrogens is 1. The van der Waals surface area contributed by atoms with E-state index in [0.717, 1.165) is 31.0 Å². The lowest BCUT2D eigenvalue weighted by Gasteiger charge is -2.40. The fourth-order valence-corrected chi connectivity index (χ4v) is 6.15. The first-order valence-electron chi connectivity index (χ1n) is 15.7. The van der Waals surface area contributed by atoms with Gasteiger partial charge in [-0.1, -0.05) is 43.0 Å². The molecule has 2 heterocycles. The highest BCUT2D eigenvalue weighted by Gasteiger charge is 2.33. The number of amides is 3. The maximum Gasteiger partial charge on any atom is 0.322 e. The normalized spacial score (nSPS) is 19.9. The SMILES string of the molecule is [C-]#[N+]c1ccc(NC2CCC(N(C(=O)NCc3ccccc3)c3cc(F)c(N4CCN(C)[C@@H](C)C4)c(NC(=O)C=C)c3)CC2)nc1. The Morgan fingerprint density at radius 3 is 2.54 bits per heavy atom. The standard InChI is InChI=1S/C35H41FN8O2/c1-5-33(45)41-31-20-29(19-30(36)34(31)43-18-17-42(4)24(2)23-43)44(35(46)39-21-25-9-7-6-8-10-25)28-14-11-26(12-15-28)40-32-16-13-27(37-3)22-38-32/h5-10,13,16,19-20,22,24,26,28H,1,11-12,14-15,17-18,21,23H2,2,4H3,(H,38,40)(H,39,46)(H,41,45)/t24-,26?,28?/m0/s1. The fourth-order valence-electron chi connectivity index (χ4n) is 6.15. The van der Waals surface area contributed by atoms with Crippen LogP contribution in [0.25, 0.3) is 4.85 Å². The molecule has 10 nitrogen and oxygen atoms in total. The van der Waals surface area contributed by atoms with Crippen LogP contribution in [0.5, 0.6) is 0 Å². The van der Waals surface area contributed by atoms with Crippen molar-refractivity contribution in [3.8, 4) is 0 Å². The molecule has 0 radical (unpaired) electrons. The molecule has 2 aliphatic rings. The van der Waals surface area contributed by atoms with Gasteiger partial charge in [-0.2, -0.15) is 0 Å². The smallest absolute Gasteiger partial charge is 0.322 e. The van der Waals surface area contributed by atoms with Gasteiger partial charge < -0.3 is 25.8 Å². The summed E-state index contributed by atoms with van der Waals surface area (Å²) in [6.45, 7) is 15.1. The molecule has 1 aliphatic carbocycles. The van der Waals surface area contributed by atoms with Gasteiger partial charge in [-0.15, -0.1) is 0 Å². The topological polar surface area (TPSA) is 97.2 Å². The lowest BCUT2D eigenvalue weighted by molar-refractivity contribution is -0.111. The number of anilines is 4. The van der Waals surface area contributed by atoms with Crippen molar-refractivity contribution in [1.29, 1.82) is 0 Å². The molecular formula is C35H41FN8O2. The second kappa shape index (κ2) is 14.9. The number of carbonyl (C=O) groups is 2. The monoisotopic (exact) mass is 624 g/mol. The third-order valence-corrected chi connectivity index (χ3v) is 8.84. The zero-order chi connectivity index (χ0) is 32.6. The molecule has 0 spiro atoms. The number of hydrogen-bond acceptors (Lipinski definition) is 6. The number of benzene rings is 2. The molecule has 5 rings (SSSR count). The molecule has 3 amide bonds. The van der Waals surface area contributed by atoms with E-state index >= 15 is 4.39 Å². The van der Waals surface area contributed by atoms with E-state index in [1.807, 2.05) is 42.3 Å². The van der Waals surface area contributed by atoms with Gasteiger partial charge in [0, 0.05) is 50.5 Å². The van der Waals surface area contributed by atoms with Crippen LogP contribution >= 0.6 is 0 Å². The average Bonchev–Trinajstić information content (AvgIpc) is 3.07. The van der Waals surface area contributed by atoms with Crippen molar-refractivity contribution in [2.45, 2.75) is 57.3 Å². The zero-order valence-electron chi connectivity index (χ0n) is 26.4. The number of piperazine rings is 1. The minimum atomic E-state index is -0.501. The number of urea groups is 1. The molecule has 2 aromatic carbocycles. The summed E-state index contributed by atoms with van der Waals surface area (Å²) in [7, 11) is 2.04. The minimum absolute atomic E-state index is 0.137. The van der Waals surface area contributed by atoms with Crippen LogP contribution in [0.4, 0.5) is 37.8 Å². The molecule has 240 valence electrons. The summed E-state index contributed by atoms with van der Waals surface area (Å²) in [5.41, 5.74) is 2.43. The van der Waals surface area contributed by atoms with Gasteiger partial charge in [-0.05, 0) is 69.5 Å². The van der Waals surface area contributed by atoms with Crippen LogP contribution in [0.15, 0.2) is 73.4 Å². The predicted octanol–water partition coefficient (Wildman–Crippen LogP) is 6.18. The van der Waals surface area contributed by atoms with Crippen molar-refractivity contribution < 1.29 is 14.0 Å². The number of nitrogens with zero attached hydrogens (tertiary/aromatic N) is 5. The molecule has 11 heteroatoms. The van der Waals surface area contributed by atoms with E-state index in [0.29, 0.717) is 61.0 Å². The van der Waals surface area contributed by atoms with E-state index in [9.17, 15) is 9.59 Å². The zero-order valence-corrected chi connectivity index (χ0v) is 26.4. The van der Waals surface area contributed by atoms with Crippen LogP contribution in [0.1, 0.15) is 38.2 Å². The molecule has 2 fully saturated rings. The number of rotatable bonds is 9. The molecular weight excluding hydrogens is 583 g/mol. The molecule has 46 heavy (non-hydrogen) atoms. The summed E-state index contributed by atoms with van der Waals surface area (Å²) in [4.78, 5) is 40.0. The Bertz CT molecular complexity index is 1570. The predicted molar refractivity (Wildman–Crippen MR) is 181 cm³/mol. The number of hydrogen-bond donors (Lipinski definition) is 3. The molecule has 1 saturated heterocycles. The van der Waals surface area contributed by atoms with E-state index < -0.39 is 11.7 Å². The molecule has 1 atom stereocenters. The molecule has 1 saturated carbocycles. The van der Waals surface area contributed by atoms with E-state index in [2.05, 4.69) is 44.2 Å². The summed E-state index contributed by atoms with van der Waals surface area (Å²) in [6, 6.07) is 16.1.